The molecule has 3 nitrogen and oxygen atoms in total. The molecule has 2 heterocycles. The molecule has 0 bridgehead atoms. The maximum absolute atomic E-state index is 5.59. The van der Waals surface area contributed by atoms with Crippen LogP contribution in [0.2, 0.25) is 0 Å². The second-order valence-electron chi connectivity index (χ2n) is 3.39. The largest absolute Gasteiger partial charge is 0.464 e. The van der Waals surface area contributed by atoms with Gasteiger partial charge >= 0.3 is 0 Å². The van der Waals surface area contributed by atoms with E-state index in [1.807, 2.05) is 12.1 Å². The van der Waals surface area contributed by atoms with Crippen molar-refractivity contribution in [3.8, 4) is 0 Å². The molecule has 3 heteroatoms. The summed E-state index contributed by atoms with van der Waals surface area (Å²) in [5, 5.41) is 0. The maximum Gasteiger partial charge on any atom is 0.117 e. The first-order valence-electron chi connectivity index (χ1n) is 4.76. The van der Waals surface area contributed by atoms with Gasteiger partial charge in [-0.25, -0.2) is 0 Å². The average Bonchev–Trinajstić information content (AvgIpc) is 2.67. The zero-order valence-electron chi connectivity index (χ0n) is 7.66. The Morgan fingerprint density at radius 1 is 1.31 bits per heavy atom. The Morgan fingerprint density at radius 2 is 2.08 bits per heavy atom. The minimum Gasteiger partial charge on any atom is -0.464 e. The molecule has 72 valence electrons. The molecule has 0 spiro atoms. The van der Waals surface area contributed by atoms with Crippen LogP contribution in [-0.4, -0.2) is 13.2 Å². The van der Waals surface area contributed by atoms with Gasteiger partial charge in [-0.1, -0.05) is 0 Å². The second-order valence-corrected chi connectivity index (χ2v) is 3.39. The lowest BCUT2D eigenvalue weighted by Crippen LogP contribution is -2.13. The smallest absolute Gasteiger partial charge is 0.117 e. The van der Waals surface area contributed by atoms with E-state index < -0.39 is 0 Å². The van der Waals surface area contributed by atoms with Crippen LogP contribution in [0.3, 0.4) is 0 Å². The average molecular weight is 181 g/mol. The first-order valence-corrected chi connectivity index (χ1v) is 4.76. The van der Waals surface area contributed by atoms with Crippen molar-refractivity contribution < 1.29 is 9.15 Å². The van der Waals surface area contributed by atoms with Crippen LogP contribution in [0.15, 0.2) is 16.5 Å². The molecule has 2 rings (SSSR count). The standard InChI is InChI=1S/C10H15NO2/c11-7-9-1-2-10(13-9)8-3-5-12-6-4-8/h1-2,8H,3-7,11H2. The topological polar surface area (TPSA) is 48.4 Å². The highest BCUT2D eigenvalue weighted by Crippen LogP contribution is 2.27. The molecule has 0 amide bonds. The predicted molar refractivity (Wildman–Crippen MR) is 49.4 cm³/mol. The van der Waals surface area contributed by atoms with Crippen LogP contribution in [0.5, 0.6) is 0 Å². The van der Waals surface area contributed by atoms with Gasteiger partial charge in [0, 0.05) is 19.1 Å². The van der Waals surface area contributed by atoms with Gasteiger partial charge in [0.05, 0.1) is 6.54 Å². The molecular weight excluding hydrogens is 166 g/mol. The molecule has 2 N–H and O–H groups in total. The Hall–Kier alpha value is -0.800. The minimum atomic E-state index is 0.489. The second kappa shape index (κ2) is 3.94. The molecule has 1 aromatic rings. The summed E-state index contributed by atoms with van der Waals surface area (Å²) in [6, 6.07) is 4.00. The van der Waals surface area contributed by atoms with Crippen molar-refractivity contribution in [2.24, 2.45) is 5.73 Å². The van der Waals surface area contributed by atoms with Crippen LogP contribution in [0, 0.1) is 0 Å². The lowest BCUT2D eigenvalue weighted by Gasteiger charge is -2.19. The summed E-state index contributed by atoms with van der Waals surface area (Å²) < 4.78 is 10.9. The van der Waals surface area contributed by atoms with Crippen molar-refractivity contribution in [2.45, 2.75) is 25.3 Å². The van der Waals surface area contributed by atoms with Crippen LogP contribution in [-0.2, 0) is 11.3 Å². The number of furan rings is 1. The number of ether oxygens (including phenoxy) is 1. The van der Waals surface area contributed by atoms with Crippen LogP contribution < -0.4 is 5.73 Å². The first kappa shape index (κ1) is 8.78. The zero-order valence-corrected chi connectivity index (χ0v) is 7.66. The summed E-state index contributed by atoms with van der Waals surface area (Å²) in [5.41, 5.74) is 5.47. The van der Waals surface area contributed by atoms with Gasteiger partial charge in [-0.3, -0.25) is 0 Å². The van der Waals surface area contributed by atoms with Crippen LogP contribution in [0.25, 0.3) is 0 Å². The molecule has 1 saturated heterocycles. The predicted octanol–water partition coefficient (Wildman–Crippen LogP) is 1.63. The minimum absolute atomic E-state index is 0.489. The van der Waals surface area contributed by atoms with Gasteiger partial charge in [-0.15, -0.1) is 0 Å². The van der Waals surface area contributed by atoms with Crippen molar-refractivity contribution in [2.75, 3.05) is 13.2 Å². The summed E-state index contributed by atoms with van der Waals surface area (Å²) >= 11 is 0. The first-order chi connectivity index (χ1) is 6.40. The van der Waals surface area contributed by atoms with E-state index in [1.165, 1.54) is 0 Å². The molecule has 0 radical (unpaired) electrons. The molecule has 0 aliphatic carbocycles. The van der Waals surface area contributed by atoms with Gasteiger partial charge in [0.2, 0.25) is 0 Å². The third-order valence-corrected chi connectivity index (χ3v) is 2.51. The van der Waals surface area contributed by atoms with Gasteiger partial charge in [0.1, 0.15) is 11.5 Å². The van der Waals surface area contributed by atoms with Gasteiger partial charge in [0.25, 0.3) is 0 Å². The third kappa shape index (κ3) is 1.92. The van der Waals surface area contributed by atoms with E-state index in [4.69, 9.17) is 14.9 Å². The summed E-state index contributed by atoms with van der Waals surface area (Å²) in [6.07, 6.45) is 2.13. The fourth-order valence-electron chi connectivity index (χ4n) is 1.71. The Balaban J connectivity index is 2.05. The molecule has 13 heavy (non-hydrogen) atoms. The summed E-state index contributed by atoms with van der Waals surface area (Å²) in [4.78, 5) is 0. The van der Waals surface area contributed by atoms with Gasteiger partial charge in [0.15, 0.2) is 0 Å². The van der Waals surface area contributed by atoms with Gasteiger partial charge in [-0.2, -0.15) is 0 Å². The fraction of sp³-hybridized carbons (Fsp3) is 0.600. The molecule has 1 aliphatic rings. The molecule has 0 unspecified atom stereocenters. The van der Waals surface area contributed by atoms with Crippen molar-refractivity contribution in [3.63, 3.8) is 0 Å². The number of rotatable bonds is 2. The van der Waals surface area contributed by atoms with Gasteiger partial charge < -0.3 is 14.9 Å². The number of nitrogens with two attached hydrogens (primary N) is 1. The SMILES string of the molecule is NCc1ccc(C2CCOCC2)o1. The van der Waals surface area contributed by atoms with E-state index in [0.29, 0.717) is 12.5 Å². The normalized spacial score (nSPS) is 19.2. The third-order valence-electron chi connectivity index (χ3n) is 2.51. The van der Waals surface area contributed by atoms with Crippen LogP contribution in [0.1, 0.15) is 30.3 Å². The summed E-state index contributed by atoms with van der Waals surface area (Å²) in [7, 11) is 0. The molecule has 0 atom stereocenters. The van der Waals surface area contributed by atoms with E-state index in [0.717, 1.165) is 37.6 Å². The zero-order chi connectivity index (χ0) is 9.10. The van der Waals surface area contributed by atoms with Gasteiger partial charge in [-0.05, 0) is 25.0 Å². The highest BCUT2D eigenvalue weighted by atomic mass is 16.5. The number of hydrogen-bond acceptors (Lipinski definition) is 3. The quantitative estimate of drug-likeness (QED) is 0.754. The summed E-state index contributed by atoms with van der Waals surface area (Å²) in [6.45, 7) is 2.19. The lowest BCUT2D eigenvalue weighted by atomic mass is 9.98. The molecule has 1 aliphatic heterocycles. The van der Waals surface area contributed by atoms with E-state index in [1.54, 1.807) is 0 Å². The molecule has 0 aromatic carbocycles. The van der Waals surface area contributed by atoms with Crippen molar-refractivity contribution in [1.29, 1.82) is 0 Å². The van der Waals surface area contributed by atoms with Crippen LogP contribution in [0.4, 0.5) is 0 Å². The Bertz CT molecular complexity index is 264. The highest BCUT2D eigenvalue weighted by molar-refractivity contribution is 5.11. The Labute approximate surface area is 77.9 Å². The molecule has 1 fully saturated rings. The van der Waals surface area contributed by atoms with Crippen LogP contribution >= 0.6 is 0 Å². The number of hydrogen-bond donors (Lipinski definition) is 1. The van der Waals surface area contributed by atoms with E-state index in [2.05, 4.69) is 0 Å². The van der Waals surface area contributed by atoms with Crippen molar-refractivity contribution >= 4 is 0 Å². The monoisotopic (exact) mass is 181 g/mol. The molecule has 0 saturated carbocycles. The van der Waals surface area contributed by atoms with E-state index in [9.17, 15) is 0 Å². The molecular formula is C10H15NO2. The Morgan fingerprint density at radius 3 is 2.69 bits per heavy atom. The van der Waals surface area contributed by atoms with Crippen molar-refractivity contribution in [1.82, 2.24) is 0 Å². The molecule has 1 aromatic heterocycles. The van der Waals surface area contributed by atoms with E-state index >= 15 is 0 Å². The maximum atomic E-state index is 5.59. The van der Waals surface area contributed by atoms with Crippen molar-refractivity contribution in [3.05, 3.63) is 23.7 Å². The summed E-state index contributed by atoms with van der Waals surface area (Å²) in [5.74, 6) is 2.49. The lowest BCUT2D eigenvalue weighted by molar-refractivity contribution is 0.0804. The fourth-order valence-corrected chi connectivity index (χ4v) is 1.71. The highest BCUT2D eigenvalue weighted by Gasteiger charge is 2.18. The van der Waals surface area contributed by atoms with E-state index in [-0.39, 0.29) is 0 Å². The Kier molecular flexibility index (Phi) is 2.66.